The van der Waals surface area contributed by atoms with Gasteiger partial charge in [0, 0.05) is 38.6 Å². The van der Waals surface area contributed by atoms with Crippen LogP contribution in [0.15, 0.2) is 11.9 Å². The first kappa shape index (κ1) is 7.45. The molecule has 0 aliphatic carbocycles. The summed E-state index contributed by atoms with van der Waals surface area (Å²) in [6, 6.07) is 0.647. The first-order chi connectivity index (χ1) is 4.61. The average Bonchev–Trinajstić information content (AvgIpc) is 1.84. The van der Waals surface area contributed by atoms with Crippen LogP contribution in [0.25, 0.3) is 0 Å². The van der Waals surface area contributed by atoms with E-state index < -0.39 is 0 Å². The maximum absolute atomic E-state index is 2.28. The number of likely N-dealkylation sites (N-methyl/N-ethyl adjacent to an activating group) is 2. The molecule has 0 radical (unpaired) electrons. The second-order valence-electron chi connectivity index (χ2n) is 3.17. The first-order valence-electron chi connectivity index (χ1n) is 3.72. The van der Waals surface area contributed by atoms with Crippen LogP contribution in [0, 0.1) is 0 Å². The predicted molar refractivity (Wildman–Crippen MR) is 43.6 cm³/mol. The van der Waals surface area contributed by atoms with Crippen LogP contribution in [0.4, 0.5) is 0 Å². The fraction of sp³-hybridized carbons (Fsp3) is 0.750. The van der Waals surface area contributed by atoms with Crippen molar-refractivity contribution in [2.24, 2.45) is 0 Å². The highest BCUT2D eigenvalue weighted by molar-refractivity contribution is 5.01. The Kier molecular flexibility index (Phi) is 1.88. The van der Waals surface area contributed by atoms with E-state index in [-0.39, 0.29) is 0 Å². The fourth-order valence-corrected chi connectivity index (χ4v) is 1.19. The van der Waals surface area contributed by atoms with Crippen LogP contribution < -0.4 is 0 Å². The third kappa shape index (κ3) is 1.25. The molecule has 0 bridgehead atoms. The Morgan fingerprint density at radius 3 is 2.60 bits per heavy atom. The summed E-state index contributed by atoms with van der Waals surface area (Å²) in [4.78, 5) is 4.54. The molecule has 0 N–H and O–H groups in total. The van der Waals surface area contributed by atoms with E-state index in [0.29, 0.717) is 6.04 Å². The molecule has 2 heteroatoms. The van der Waals surface area contributed by atoms with Gasteiger partial charge in [0.1, 0.15) is 0 Å². The summed E-state index contributed by atoms with van der Waals surface area (Å²) in [6.07, 6.45) is 2.19. The molecule has 1 atom stereocenters. The standard InChI is InChI=1S/C8H16N2/c1-7-5-10(4)8(2)6-9(7)3/h5,8H,6H2,1-4H3. The summed E-state index contributed by atoms with van der Waals surface area (Å²) in [5.41, 5.74) is 1.35. The van der Waals surface area contributed by atoms with Crippen molar-refractivity contribution >= 4 is 0 Å². The zero-order valence-corrected chi connectivity index (χ0v) is 7.26. The monoisotopic (exact) mass is 140 g/mol. The summed E-state index contributed by atoms with van der Waals surface area (Å²) >= 11 is 0. The van der Waals surface area contributed by atoms with Crippen molar-refractivity contribution in [3.8, 4) is 0 Å². The molecular formula is C8H16N2. The lowest BCUT2D eigenvalue weighted by Crippen LogP contribution is -2.40. The average molecular weight is 140 g/mol. The largest absolute Gasteiger partial charge is 0.375 e. The van der Waals surface area contributed by atoms with E-state index in [4.69, 9.17) is 0 Å². The Morgan fingerprint density at radius 2 is 2.10 bits per heavy atom. The normalized spacial score (nSPS) is 26.8. The van der Waals surface area contributed by atoms with Crippen molar-refractivity contribution in [3.63, 3.8) is 0 Å². The zero-order valence-electron chi connectivity index (χ0n) is 7.26. The second-order valence-corrected chi connectivity index (χ2v) is 3.17. The van der Waals surface area contributed by atoms with Gasteiger partial charge in [-0.25, -0.2) is 0 Å². The van der Waals surface area contributed by atoms with Crippen molar-refractivity contribution in [1.82, 2.24) is 9.80 Å². The van der Waals surface area contributed by atoms with Gasteiger partial charge in [-0.05, 0) is 13.8 Å². The summed E-state index contributed by atoms with van der Waals surface area (Å²) in [6.45, 7) is 5.51. The van der Waals surface area contributed by atoms with Gasteiger partial charge in [0.25, 0.3) is 0 Å². The molecule has 0 aromatic heterocycles. The van der Waals surface area contributed by atoms with E-state index in [9.17, 15) is 0 Å². The number of allylic oxidation sites excluding steroid dienone is 1. The topological polar surface area (TPSA) is 6.48 Å². The lowest BCUT2D eigenvalue weighted by atomic mass is 10.2. The molecule has 1 aliphatic heterocycles. The van der Waals surface area contributed by atoms with E-state index >= 15 is 0 Å². The molecule has 10 heavy (non-hydrogen) atoms. The molecule has 2 nitrogen and oxygen atoms in total. The molecule has 58 valence electrons. The Bertz CT molecular complexity index is 151. The van der Waals surface area contributed by atoms with Gasteiger partial charge in [-0.1, -0.05) is 0 Å². The summed E-state index contributed by atoms with van der Waals surface area (Å²) in [7, 11) is 4.26. The van der Waals surface area contributed by atoms with Crippen molar-refractivity contribution in [3.05, 3.63) is 11.9 Å². The zero-order chi connectivity index (χ0) is 7.72. The third-order valence-electron chi connectivity index (χ3n) is 2.23. The maximum Gasteiger partial charge on any atom is 0.0428 e. The molecule has 0 amide bonds. The van der Waals surface area contributed by atoms with Crippen LogP contribution in [0.5, 0.6) is 0 Å². The molecule has 0 saturated heterocycles. The Balaban J connectivity index is 2.69. The number of hydrogen-bond acceptors (Lipinski definition) is 2. The SMILES string of the molecule is CC1=CN(C)C(C)CN1C. The van der Waals surface area contributed by atoms with Gasteiger partial charge in [0.15, 0.2) is 0 Å². The van der Waals surface area contributed by atoms with Gasteiger partial charge in [0.2, 0.25) is 0 Å². The van der Waals surface area contributed by atoms with E-state index in [0.717, 1.165) is 6.54 Å². The quantitative estimate of drug-likeness (QED) is 0.497. The minimum Gasteiger partial charge on any atom is -0.375 e. The van der Waals surface area contributed by atoms with Gasteiger partial charge in [-0.15, -0.1) is 0 Å². The molecule has 1 rings (SSSR count). The van der Waals surface area contributed by atoms with Crippen LogP contribution in [0.2, 0.25) is 0 Å². The Hall–Kier alpha value is -0.660. The third-order valence-corrected chi connectivity index (χ3v) is 2.23. The first-order valence-corrected chi connectivity index (χ1v) is 3.72. The molecule has 1 unspecified atom stereocenters. The summed E-state index contributed by atoms with van der Waals surface area (Å²) in [5, 5.41) is 0. The van der Waals surface area contributed by atoms with Crippen LogP contribution in [0.1, 0.15) is 13.8 Å². The van der Waals surface area contributed by atoms with Crippen LogP contribution in [-0.4, -0.2) is 36.5 Å². The lowest BCUT2D eigenvalue weighted by molar-refractivity contribution is 0.231. The molecule has 0 aromatic carbocycles. The Labute approximate surface area is 63.1 Å². The minimum atomic E-state index is 0.647. The lowest BCUT2D eigenvalue weighted by Gasteiger charge is -2.35. The van der Waals surface area contributed by atoms with E-state index in [1.807, 2.05) is 0 Å². The van der Waals surface area contributed by atoms with Gasteiger partial charge in [0.05, 0.1) is 0 Å². The smallest absolute Gasteiger partial charge is 0.0428 e. The molecule has 0 saturated carbocycles. The molecule has 1 aliphatic rings. The highest BCUT2D eigenvalue weighted by atomic mass is 15.2. The second kappa shape index (κ2) is 2.52. The molecule has 0 fully saturated rings. The molecular weight excluding hydrogens is 124 g/mol. The van der Waals surface area contributed by atoms with Crippen molar-refractivity contribution < 1.29 is 0 Å². The van der Waals surface area contributed by atoms with Gasteiger partial charge in [-0.3, -0.25) is 0 Å². The van der Waals surface area contributed by atoms with Crippen LogP contribution >= 0.6 is 0 Å². The predicted octanol–water partition coefficient (Wildman–Crippen LogP) is 1.11. The highest BCUT2D eigenvalue weighted by Gasteiger charge is 2.14. The van der Waals surface area contributed by atoms with Gasteiger partial charge >= 0.3 is 0 Å². The van der Waals surface area contributed by atoms with Gasteiger partial charge in [-0.2, -0.15) is 0 Å². The number of hydrogen-bond donors (Lipinski definition) is 0. The summed E-state index contributed by atoms with van der Waals surface area (Å²) < 4.78 is 0. The summed E-state index contributed by atoms with van der Waals surface area (Å²) in [5.74, 6) is 0. The van der Waals surface area contributed by atoms with Crippen molar-refractivity contribution in [1.29, 1.82) is 0 Å². The Morgan fingerprint density at radius 1 is 1.50 bits per heavy atom. The fourth-order valence-electron chi connectivity index (χ4n) is 1.19. The van der Waals surface area contributed by atoms with Crippen LogP contribution in [-0.2, 0) is 0 Å². The van der Waals surface area contributed by atoms with E-state index in [2.05, 4.69) is 43.9 Å². The molecule has 0 aromatic rings. The van der Waals surface area contributed by atoms with Crippen molar-refractivity contribution in [2.45, 2.75) is 19.9 Å². The maximum atomic E-state index is 2.28. The highest BCUT2D eigenvalue weighted by Crippen LogP contribution is 2.12. The number of nitrogens with zero attached hydrogens (tertiary/aromatic N) is 2. The van der Waals surface area contributed by atoms with Gasteiger partial charge < -0.3 is 9.80 Å². The van der Waals surface area contributed by atoms with Crippen LogP contribution in [0.3, 0.4) is 0 Å². The number of rotatable bonds is 0. The van der Waals surface area contributed by atoms with Crippen molar-refractivity contribution in [2.75, 3.05) is 20.6 Å². The minimum absolute atomic E-state index is 0.647. The molecule has 0 spiro atoms. The van der Waals surface area contributed by atoms with E-state index in [1.165, 1.54) is 5.70 Å². The van der Waals surface area contributed by atoms with E-state index in [1.54, 1.807) is 0 Å². The molecule has 1 heterocycles.